The molecule has 1 aromatic rings. The third kappa shape index (κ3) is 2.04. The molecule has 58 valence electrons. The number of rotatable bonds is 2. The van der Waals surface area contributed by atoms with Gasteiger partial charge in [-0.05, 0) is 11.1 Å². The Kier molecular flexibility index (Phi) is 3.89. The first-order chi connectivity index (χ1) is 4.88. The average molecular weight is 150 g/mol. The highest BCUT2D eigenvalue weighted by Gasteiger charge is 1.89. The number of halogens is 1. The molecule has 0 fully saturated rings. The summed E-state index contributed by atoms with van der Waals surface area (Å²) in [6.45, 7) is 7.38. The molecule has 0 saturated heterocycles. The molecular formula is C10H11F. The minimum Gasteiger partial charge on any atom is -0.269 e. The van der Waals surface area contributed by atoms with Gasteiger partial charge >= 0.3 is 0 Å². The number of benzene rings is 1. The van der Waals surface area contributed by atoms with Crippen LogP contribution in [0.25, 0.3) is 12.2 Å². The van der Waals surface area contributed by atoms with E-state index in [1.54, 1.807) is 0 Å². The van der Waals surface area contributed by atoms with Crippen LogP contribution in [-0.2, 0) is 0 Å². The fourth-order valence-corrected chi connectivity index (χ4v) is 0.883. The second-order valence-corrected chi connectivity index (χ2v) is 2.04. The fourth-order valence-electron chi connectivity index (χ4n) is 0.883. The Balaban J connectivity index is 0.000001000. The molecule has 0 bridgehead atoms. The van der Waals surface area contributed by atoms with Crippen LogP contribution in [0.5, 0.6) is 0 Å². The van der Waals surface area contributed by atoms with Crippen LogP contribution in [0, 0.1) is 0 Å². The van der Waals surface area contributed by atoms with Crippen molar-refractivity contribution < 1.29 is 4.70 Å². The van der Waals surface area contributed by atoms with Gasteiger partial charge in [0.1, 0.15) is 0 Å². The second-order valence-electron chi connectivity index (χ2n) is 2.04. The van der Waals surface area contributed by atoms with Gasteiger partial charge in [0.2, 0.25) is 0 Å². The van der Waals surface area contributed by atoms with Gasteiger partial charge in [-0.3, -0.25) is 4.70 Å². The lowest BCUT2D eigenvalue weighted by Crippen LogP contribution is -1.76. The molecular weight excluding hydrogens is 139 g/mol. The van der Waals surface area contributed by atoms with Crippen LogP contribution in [0.4, 0.5) is 4.70 Å². The van der Waals surface area contributed by atoms with Gasteiger partial charge in [0, 0.05) is 0 Å². The van der Waals surface area contributed by atoms with E-state index in [1.165, 1.54) is 0 Å². The molecule has 0 saturated carbocycles. The topological polar surface area (TPSA) is 0 Å². The highest BCUT2D eigenvalue weighted by atomic mass is 19.0. The second kappa shape index (κ2) is 4.45. The molecule has 0 unspecified atom stereocenters. The fraction of sp³-hybridized carbons (Fsp3) is 0. The summed E-state index contributed by atoms with van der Waals surface area (Å²) in [6.07, 6.45) is 3.66. The maximum absolute atomic E-state index is 3.69. The van der Waals surface area contributed by atoms with E-state index in [0.29, 0.717) is 0 Å². The van der Waals surface area contributed by atoms with Gasteiger partial charge < -0.3 is 0 Å². The molecule has 0 aliphatic carbocycles. The van der Waals surface area contributed by atoms with Gasteiger partial charge in [0.15, 0.2) is 0 Å². The summed E-state index contributed by atoms with van der Waals surface area (Å²) in [7, 11) is 0. The van der Waals surface area contributed by atoms with Crippen molar-refractivity contribution in [3.05, 3.63) is 48.6 Å². The SMILES string of the molecule is C=Cc1ccccc1C=C.F. The molecule has 0 atom stereocenters. The lowest BCUT2D eigenvalue weighted by molar-refractivity contribution is 1.11. The summed E-state index contributed by atoms with van der Waals surface area (Å²) in [5.74, 6) is 0. The minimum absolute atomic E-state index is 0. The van der Waals surface area contributed by atoms with Crippen LogP contribution >= 0.6 is 0 Å². The smallest absolute Gasteiger partial charge is 0.0190 e. The first-order valence-electron chi connectivity index (χ1n) is 3.22. The first kappa shape index (κ1) is 9.63. The Hall–Kier alpha value is -1.37. The number of hydrogen-bond donors (Lipinski definition) is 0. The Labute approximate surface area is 66.2 Å². The summed E-state index contributed by atoms with van der Waals surface area (Å²) in [5, 5.41) is 0. The van der Waals surface area contributed by atoms with E-state index in [2.05, 4.69) is 13.2 Å². The van der Waals surface area contributed by atoms with Crippen LogP contribution < -0.4 is 0 Å². The van der Waals surface area contributed by atoms with Gasteiger partial charge in [0.05, 0.1) is 0 Å². The molecule has 0 amide bonds. The molecule has 0 aromatic heterocycles. The largest absolute Gasteiger partial charge is 0.269 e. The first-order valence-corrected chi connectivity index (χ1v) is 3.22. The summed E-state index contributed by atoms with van der Waals surface area (Å²) < 4.78 is 0. The molecule has 0 aliphatic heterocycles. The Morgan fingerprint density at radius 3 is 1.55 bits per heavy atom. The van der Waals surface area contributed by atoms with Crippen molar-refractivity contribution in [2.75, 3.05) is 0 Å². The molecule has 0 aliphatic rings. The monoisotopic (exact) mass is 150 g/mol. The summed E-state index contributed by atoms with van der Waals surface area (Å²) in [5.41, 5.74) is 2.27. The Morgan fingerprint density at radius 2 is 1.27 bits per heavy atom. The predicted molar refractivity (Wildman–Crippen MR) is 49.1 cm³/mol. The molecule has 0 nitrogen and oxygen atoms in total. The summed E-state index contributed by atoms with van der Waals surface area (Å²) >= 11 is 0. The van der Waals surface area contributed by atoms with Gasteiger partial charge in [0.25, 0.3) is 0 Å². The van der Waals surface area contributed by atoms with E-state index in [-0.39, 0.29) is 4.70 Å². The van der Waals surface area contributed by atoms with Gasteiger partial charge in [-0.2, -0.15) is 0 Å². The van der Waals surface area contributed by atoms with Crippen LogP contribution in [0.1, 0.15) is 11.1 Å². The van der Waals surface area contributed by atoms with Crippen LogP contribution in [0.2, 0.25) is 0 Å². The van der Waals surface area contributed by atoms with E-state index < -0.39 is 0 Å². The average Bonchev–Trinajstić information content (AvgIpc) is 2.04. The van der Waals surface area contributed by atoms with E-state index in [9.17, 15) is 0 Å². The van der Waals surface area contributed by atoms with Gasteiger partial charge in [-0.1, -0.05) is 49.6 Å². The van der Waals surface area contributed by atoms with Crippen molar-refractivity contribution in [3.63, 3.8) is 0 Å². The quantitative estimate of drug-likeness (QED) is 0.607. The molecule has 1 heteroatoms. The lowest BCUT2D eigenvalue weighted by Gasteiger charge is -1.96. The van der Waals surface area contributed by atoms with Crippen molar-refractivity contribution >= 4 is 12.2 Å². The van der Waals surface area contributed by atoms with Crippen LogP contribution in [-0.4, -0.2) is 0 Å². The van der Waals surface area contributed by atoms with Gasteiger partial charge in [-0.15, -0.1) is 0 Å². The summed E-state index contributed by atoms with van der Waals surface area (Å²) in [6, 6.07) is 8.02. The highest BCUT2D eigenvalue weighted by molar-refractivity contribution is 5.63. The van der Waals surface area contributed by atoms with Crippen molar-refractivity contribution in [3.8, 4) is 0 Å². The van der Waals surface area contributed by atoms with Crippen LogP contribution in [0.15, 0.2) is 37.4 Å². The third-order valence-corrected chi connectivity index (χ3v) is 1.44. The zero-order valence-corrected chi connectivity index (χ0v) is 6.29. The zero-order chi connectivity index (χ0) is 7.40. The maximum Gasteiger partial charge on any atom is -0.0190 e. The molecule has 0 heterocycles. The minimum atomic E-state index is 0. The van der Waals surface area contributed by atoms with Crippen LogP contribution in [0.3, 0.4) is 0 Å². The normalized spacial score (nSPS) is 8.00. The van der Waals surface area contributed by atoms with Crippen molar-refractivity contribution in [1.82, 2.24) is 0 Å². The van der Waals surface area contributed by atoms with E-state index in [1.807, 2.05) is 36.4 Å². The molecule has 1 rings (SSSR count). The van der Waals surface area contributed by atoms with Crippen molar-refractivity contribution in [1.29, 1.82) is 0 Å². The molecule has 0 N–H and O–H groups in total. The Bertz CT molecular complexity index is 224. The highest BCUT2D eigenvalue weighted by Crippen LogP contribution is 2.10. The standard InChI is InChI=1S/C10H10.FH/c1-3-9-7-5-6-8-10(9)4-2;/h3-8H,1-2H2;1H. The van der Waals surface area contributed by atoms with E-state index in [4.69, 9.17) is 0 Å². The van der Waals surface area contributed by atoms with E-state index in [0.717, 1.165) is 11.1 Å². The molecule has 1 aromatic carbocycles. The third-order valence-electron chi connectivity index (χ3n) is 1.44. The molecule has 11 heavy (non-hydrogen) atoms. The van der Waals surface area contributed by atoms with Gasteiger partial charge in [-0.25, -0.2) is 0 Å². The summed E-state index contributed by atoms with van der Waals surface area (Å²) in [4.78, 5) is 0. The van der Waals surface area contributed by atoms with Crippen molar-refractivity contribution in [2.24, 2.45) is 0 Å². The maximum atomic E-state index is 3.69. The predicted octanol–water partition coefficient (Wildman–Crippen LogP) is 3.13. The molecule has 0 spiro atoms. The Morgan fingerprint density at radius 1 is 0.909 bits per heavy atom. The lowest BCUT2D eigenvalue weighted by atomic mass is 10.1. The molecule has 0 radical (unpaired) electrons. The number of hydrogen-bond acceptors (Lipinski definition) is 0. The zero-order valence-electron chi connectivity index (χ0n) is 6.29. The van der Waals surface area contributed by atoms with E-state index >= 15 is 0 Å². The van der Waals surface area contributed by atoms with Crippen molar-refractivity contribution in [2.45, 2.75) is 0 Å².